The fourth-order valence-corrected chi connectivity index (χ4v) is 2.66. The lowest BCUT2D eigenvalue weighted by Gasteiger charge is -2.35. The molecule has 0 aromatic carbocycles. The summed E-state index contributed by atoms with van der Waals surface area (Å²) in [6, 6.07) is 2.87. The van der Waals surface area contributed by atoms with Crippen molar-refractivity contribution in [2.45, 2.75) is 26.3 Å². The molecular formula is C14H25N3. The van der Waals surface area contributed by atoms with Crippen LogP contribution in [0.5, 0.6) is 0 Å². The van der Waals surface area contributed by atoms with Gasteiger partial charge in [-0.25, -0.2) is 0 Å². The third kappa shape index (κ3) is 3.33. The fourth-order valence-electron chi connectivity index (χ4n) is 2.66. The summed E-state index contributed by atoms with van der Waals surface area (Å²) in [4.78, 5) is 2.63. The maximum atomic E-state index is 3.43. The highest BCUT2D eigenvalue weighted by atomic mass is 15.2. The first-order valence-corrected chi connectivity index (χ1v) is 6.73. The van der Waals surface area contributed by atoms with Crippen LogP contribution < -0.4 is 5.32 Å². The Morgan fingerprint density at radius 3 is 2.53 bits per heavy atom. The number of hydrogen-bond donors (Lipinski definition) is 1. The average Bonchev–Trinajstić information content (AvgIpc) is 2.73. The van der Waals surface area contributed by atoms with Gasteiger partial charge in [0, 0.05) is 51.7 Å². The third-order valence-electron chi connectivity index (χ3n) is 3.53. The van der Waals surface area contributed by atoms with Gasteiger partial charge in [0.25, 0.3) is 0 Å². The van der Waals surface area contributed by atoms with Crippen molar-refractivity contribution >= 4 is 0 Å². The smallest absolute Gasteiger partial charge is 0.0366 e. The number of nitrogens with one attached hydrogen (secondary N) is 1. The molecule has 0 amide bonds. The van der Waals surface area contributed by atoms with Crippen molar-refractivity contribution in [3.05, 3.63) is 24.0 Å². The molecule has 0 spiro atoms. The second-order valence-electron chi connectivity index (χ2n) is 5.54. The van der Waals surface area contributed by atoms with Crippen molar-refractivity contribution in [2.75, 3.05) is 26.2 Å². The van der Waals surface area contributed by atoms with Gasteiger partial charge >= 0.3 is 0 Å². The molecule has 1 aliphatic heterocycles. The summed E-state index contributed by atoms with van der Waals surface area (Å²) in [5.41, 5.74) is 1.48. The van der Waals surface area contributed by atoms with Crippen LogP contribution in [0.2, 0.25) is 0 Å². The molecule has 1 aromatic heterocycles. The molecule has 1 aliphatic rings. The van der Waals surface area contributed by atoms with Crippen LogP contribution in [0.1, 0.15) is 31.9 Å². The van der Waals surface area contributed by atoms with E-state index < -0.39 is 0 Å². The van der Waals surface area contributed by atoms with Crippen LogP contribution in [0.25, 0.3) is 0 Å². The molecule has 2 heterocycles. The molecule has 0 saturated carbocycles. The van der Waals surface area contributed by atoms with Gasteiger partial charge in [0.05, 0.1) is 0 Å². The molecule has 1 atom stereocenters. The van der Waals surface area contributed by atoms with E-state index in [1.165, 1.54) is 25.1 Å². The molecule has 1 fully saturated rings. The van der Waals surface area contributed by atoms with E-state index in [-0.39, 0.29) is 0 Å². The van der Waals surface area contributed by atoms with Crippen LogP contribution in [0.15, 0.2) is 18.5 Å². The number of aromatic nitrogens is 1. The van der Waals surface area contributed by atoms with E-state index in [2.05, 4.69) is 54.1 Å². The number of nitrogens with zero attached hydrogens (tertiary/aromatic N) is 2. The molecule has 96 valence electrons. The Bertz CT molecular complexity index is 337. The van der Waals surface area contributed by atoms with Crippen LogP contribution in [-0.4, -0.2) is 35.6 Å². The summed E-state index contributed by atoms with van der Waals surface area (Å²) < 4.78 is 2.16. The van der Waals surface area contributed by atoms with Gasteiger partial charge in [-0.3, -0.25) is 4.90 Å². The number of aryl methyl sites for hydroxylation is 1. The first-order chi connectivity index (χ1) is 8.16. The highest BCUT2D eigenvalue weighted by Gasteiger charge is 2.23. The van der Waals surface area contributed by atoms with Crippen LogP contribution in [0, 0.1) is 5.92 Å². The topological polar surface area (TPSA) is 20.2 Å². The number of rotatable bonds is 4. The van der Waals surface area contributed by atoms with Gasteiger partial charge < -0.3 is 9.88 Å². The van der Waals surface area contributed by atoms with Crippen molar-refractivity contribution < 1.29 is 0 Å². The highest BCUT2D eigenvalue weighted by Crippen LogP contribution is 2.28. The summed E-state index contributed by atoms with van der Waals surface area (Å²) in [6.07, 6.45) is 5.68. The predicted octanol–water partition coefficient (Wildman–Crippen LogP) is 2.02. The second kappa shape index (κ2) is 5.69. The van der Waals surface area contributed by atoms with Gasteiger partial charge in [-0.2, -0.15) is 0 Å². The molecule has 1 saturated heterocycles. The Morgan fingerprint density at radius 1 is 1.29 bits per heavy atom. The molecule has 3 heteroatoms. The van der Waals surface area contributed by atoms with E-state index >= 15 is 0 Å². The Labute approximate surface area is 105 Å². The first kappa shape index (κ1) is 12.7. The number of piperazine rings is 1. The van der Waals surface area contributed by atoms with E-state index in [1.807, 2.05) is 0 Å². The zero-order chi connectivity index (χ0) is 12.3. The molecule has 17 heavy (non-hydrogen) atoms. The SMILES string of the molecule is CC(C)CC(c1ccn(C)c1)N1CCNCC1. The standard InChI is InChI=1S/C14H25N3/c1-12(2)10-14(13-4-7-16(3)11-13)17-8-5-15-6-9-17/h4,7,11-12,14-15H,5-6,8-10H2,1-3H3. The quantitative estimate of drug-likeness (QED) is 0.861. The molecular weight excluding hydrogens is 210 g/mol. The molecule has 2 rings (SSSR count). The van der Waals surface area contributed by atoms with Crippen LogP contribution >= 0.6 is 0 Å². The summed E-state index contributed by atoms with van der Waals surface area (Å²) in [6.45, 7) is 9.23. The minimum absolute atomic E-state index is 0.596. The molecule has 3 nitrogen and oxygen atoms in total. The van der Waals surface area contributed by atoms with E-state index in [0.717, 1.165) is 19.0 Å². The van der Waals surface area contributed by atoms with Gasteiger partial charge in [-0.1, -0.05) is 13.8 Å². The zero-order valence-corrected chi connectivity index (χ0v) is 11.3. The van der Waals surface area contributed by atoms with Crippen molar-refractivity contribution in [3.63, 3.8) is 0 Å². The molecule has 0 radical (unpaired) electrons. The zero-order valence-electron chi connectivity index (χ0n) is 11.3. The minimum atomic E-state index is 0.596. The van der Waals surface area contributed by atoms with Gasteiger partial charge in [-0.05, 0) is 24.0 Å². The lowest BCUT2D eigenvalue weighted by molar-refractivity contribution is 0.154. The lowest BCUT2D eigenvalue weighted by atomic mass is 9.97. The summed E-state index contributed by atoms with van der Waals surface area (Å²) in [7, 11) is 2.10. The molecule has 1 aromatic rings. The predicted molar refractivity (Wildman–Crippen MR) is 72.1 cm³/mol. The van der Waals surface area contributed by atoms with Gasteiger partial charge in [-0.15, -0.1) is 0 Å². The highest BCUT2D eigenvalue weighted by molar-refractivity contribution is 5.16. The van der Waals surface area contributed by atoms with E-state index in [4.69, 9.17) is 0 Å². The fraction of sp³-hybridized carbons (Fsp3) is 0.714. The third-order valence-corrected chi connectivity index (χ3v) is 3.53. The van der Waals surface area contributed by atoms with E-state index in [1.54, 1.807) is 0 Å². The van der Waals surface area contributed by atoms with E-state index in [0.29, 0.717) is 6.04 Å². The Kier molecular flexibility index (Phi) is 4.24. The minimum Gasteiger partial charge on any atom is -0.357 e. The average molecular weight is 235 g/mol. The first-order valence-electron chi connectivity index (χ1n) is 6.73. The summed E-state index contributed by atoms with van der Waals surface area (Å²) in [5, 5.41) is 3.43. The Hall–Kier alpha value is -0.800. The van der Waals surface area contributed by atoms with Crippen LogP contribution in [0.3, 0.4) is 0 Å². The van der Waals surface area contributed by atoms with Crippen molar-refractivity contribution in [3.8, 4) is 0 Å². The maximum absolute atomic E-state index is 3.43. The number of hydrogen-bond acceptors (Lipinski definition) is 2. The molecule has 0 bridgehead atoms. The second-order valence-corrected chi connectivity index (χ2v) is 5.54. The van der Waals surface area contributed by atoms with Gasteiger partial charge in [0.1, 0.15) is 0 Å². The summed E-state index contributed by atoms with van der Waals surface area (Å²) in [5.74, 6) is 0.745. The maximum Gasteiger partial charge on any atom is 0.0366 e. The Morgan fingerprint density at radius 2 is 2.00 bits per heavy atom. The van der Waals surface area contributed by atoms with Crippen molar-refractivity contribution in [2.24, 2.45) is 13.0 Å². The van der Waals surface area contributed by atoms with Gasteiger partial charge in [0.15, 0.2) is 0 Å². The normalized spacial score (nSPS) is 19.8. The largest absolute Gasteiger partial charge is 0.357 e. The van der Waals surface area contributed by atoms with Crippen LogP contribution in [0.4, 0.5) is 0 Å². The Balaban J connectivity index is 2.11. The van der Waals surface area contributed by atoms with Crippen LogP contribution in [-0.2, 0) is 7.05 Å². The molecule has 1 N–H and O–H groups in total. The molecule has 0 aliphatic carbocycles. The van der Waals surface area contributed by atoms with Gasteiger partial charge in [0.2, 0.25) is 0 Å². The monoisotopic (exact) mass is 235 g/mol. The molecule has 1 unspecified atom stereocenters. The van der Waals surface area contributed by atoms with E-state index in [9.17, 15) is 0 Å². The lowest BCUT2D eigenvalue weighted by Crippen LogP contribution is -2.45. The van der Waals surface area contributed by atoms with Crippen molar-refractivity contribution in [1.82, 2.24) is 14.8 Å². The summed E-state index contributed by atoms with van der Waals surface area (Å²) >= 11 is 0. The van der Waals surface area contributed by atoms with Crippen molar-refractivity contribution in [1.29, 1.82) is 0 Å².